The Labute approximate surface area is 127 Å². The molecule has 7 heteroatoms. The Hall–Kier alpha value is -1.57. The number of hydrogen-bond donors (Lipinski definition) is 1. The van der Waals surface area contributed by atoms with Crippen molar-refractivity contribution in [2.24, 2.45) is 0 Å². The molecule has 20 heavy (non-hydrogen) atoms. The normalized spacial score (nSPS) is 14.6. The van der Waals surface area contributed by atoms with Crippen molar-refractivity contribution >= 4 is 29.5 Å². The number of esters is 1. The minimum atomic E-state index is -0.443. The van der Waals surface area contributed by atoms with Crippen LogP contribution in [0.3, 0.4) is 0 Å². The van der Waals surface area contributed by atoms with Gasteiger partial charge in [-0.25, -0.2) is 4.79 Å². The summed E-state index contributed by atoms with van der Waals surface area (Å²) < 4.78 is 5.51. The number of ether oxygens (including phenoxy) is 1. The van der Waals surface area contributed by atoms with E-state index in [1.54, 1.807) is 6.92 Å². The third kappa shape index (κ3) is 4.22. The molecule has 0 aliphatic carbocycles. The summed E-state index contributed by atoms with van der Waals surface area (Å²) in [5, 5.41) is 21.7. The van der Waals surface area contributed by atoms with Gasteiger partial charge in [-0.3, -0.25) is 0 Å². The van der Waals surface area contributed by atoms with Gasteiger partial charge in [-0.15, -0.1) is 0 Å². The second-order valence-corrected chi connectivity index (χ2v) is 7.14. The second kappa shape index (κ2) is 6.74. The van der Waals surface area contributed by atoms with Crippen LogP contribution in [0.1, 0.15) is 27.7 Å². The van der Waals surface area contributed by atoms with Crippen LogP contribution in [0, 0.1) is 22.7 Å². The highest BCUT2D eigenvalue weighted by molar-refractivity contribution is 8.29. The van der Waals surface area contributed by atoms with Gasteiger partial charge >= 0.3 is 5.97 Å². The Morgan fingerprint density at radius 2 is 1.90 bits per heavy atom. The van der Waals surface area contributed by atoms with Crippen LogP contribution < -0.4 is 5.32 Å². The molecule has 0 saturated heterocycles. The van der Waals surface area contributed by atoms with Gasteiger partial charge in [-0.1, -0.05) is 23.5 Å². The molecule has 0 fully saturated rings. The molecule has 5 nitrogen and oxygen atoms in total. The standard InChI is InChI=1S/C13H15N3O2S2/c1-5-18-11(17)9-10(16-13(2,3)4)20-12(19-9)8(6-14)7-15/h16H,5H2,1-4H3. The number of nitrogens with zero attached hydrogens (tertiary/aromatic N) is 2. The number of carbonyl (C=O) groups is 1. The van der Waals surface area contributed by atoms with Crippen LogP contribution >= 0.6 is 23.5 Å². The summed E-state index contributed by atoms with van der Waals surface area (Å²) in [5.74, 6) is -0.443. The number of allylic oxidation sites excluding steroid dienone is 1. The van der Waals surface area contributed by atoms with Crippen molar-refractivity contribution in [1.82, 2.24) is 5.32 Å². The maximum absolute atomic E-state index is 11.9. The summed E-state index contributed by atoms with van der Waals surface area (Å²) >= 11 is 2.33. The minimum Gasteiger partial charge on any atom is -0.462 e. The van der Waals surface area contributed by atoms with E-state index in [4.69, 9.17) is 15.3 Å². The summed E-state index contributed by atoms with van der Waals surface area (Å²) in [6.45, 7) is 7.90. The van der Waals surface area contributed by atoms with Crippen LogP contribution in [0.4, 0.5) is 0 Å². The molecular formula is C13H15N3O2S2. The van der Waals surface area contributed by atoms with E-state index in [0.717, 1.165) is 11.8 Å². The van der Waals surface area contributed by atoms with Gasteiger partial charge in [0.25, 0.3) is 0 Å². The molecule has 1 N–H and O–H groups in total. The predicted molar refractivity (Wildman–Crippen MR) is 80.0 cm³/mol. The number of nitriles is 2. The SMILES string of the molecule is CCOC(=O)C1=C(NC(C)(C)C)SC(=C(C#N)C#N)S1. The van der Waals surface area contributed by atoms with Gasteiger partial charge in [0.2, 0.25) is 0 Å². The Bertz CT molecular complexity index is 544. The molecule has 0 saturated carbocycles. The van der Waals surface area contributed by atoms with Crippen molar-refractivity contribution in [3.05, 3.63) is 19.7 Å². The quantitative estimate of drug-likeness (QED) is 0.633. The zero-order valence-corrected chi connectivity index (χ0v) is 13.4. The predicted octanol–water partition coefficient (Wildman–Crippen LogP) is 2.85. The van der Waals surface area contributed by atoms with Gasteiger partial charge in [0.05, 0.1) is 15.9 Å². The molecular weight excluding hydrogens is 294 g/mol. The topological polar surface area (TPSA) is 85.9 Å². The van der Waals surface area contributed by atoms with Crippen LogP contribution in [0.5, 0.6) is 0 Å². The van der Waals surface area contributed by atoms with E-state index in [1.165, 1.54) is 11.8 Å². The monoisotopic (exact) mass is 309 g/mol. The highest BCUT2D eigenvalue weighted by Crippen LogP contribution is 2.50. The van der Waals surface area contributed by atoms with Crippen molar-refractivity contribution in [2.75, 3.05) is 6.61 Å². The Balaban J connectivity index is 3.13. The van der Waals surface area contributed by atoms with Gasteiger partial charge in [0.15, 0.2) is 0 Å². The van der Waals surface area contributed by atoms with Crippen molar-refractivity contribution in [3.8, 4) is 12.1 Å². The molecule has 1 rings (SSSR count). The molecule has 0 aromatic heterocycles. The molecule has 106 valence electrons. The van der Waals surface area contributed by atoms with Crippen molar-refractivity contribution < 1.29 is 9.53 Å². The van der Waals surface area contributed by atoms with Crippen LogP contribution in [-0.4, -0.2) is 18.1 Å². The lowest BCUT2D eigenvalue weighted by molar-refractivity contribution is -0.137. The van der Waals surface area contributed by atoms with E-state index in [0.29, 0.717) is 14.2 Å². The molecule has 0 atom stereocenters. The summed E-state index contributed by atoms with van der Waals surface area (Å²) in [6.07, 6.45) is 0. The molecule has 0 spiro atoms. The maximum Gasteiger partial charge on any atom is 0.347 e. The van der Waals surface area contributed by atoms with E-state index in [9.17, 15) is 4.79 Å². The van der Waals surface area contributed by atoms with Gasteiger partial charge in [-0.05, 0) is 27.7 Å². The molecule has 0 unspecified atom stereocenters. The molecule has 1 aliphatic rings. The summed E-state index contributed by atoms with van der Waals surface area (Å²) in [6, 6.07) is 3.68. The van der Waals surface area contributed by atoms with Crippen molar-refractivity contribution in [3.63, 3.8) is 0 Å². The number of thioether (sulfide) groups is 2. The summed E-state index contributed by atoms with van der Waals surface area (Å²) in [5.41, 5.74) is -0.234. The fourth-order valence-electron chi connectivity index (χ4n) is 1.27. The average molecular weight is 309 g/mol. The number of hydrogen-bond acceptors (Lipinski definition) is 7. The Morgan fingerprint density at radius 3 is 2.35 bits per heavy atom. The smallest absolute Gasteiger partial charge is 0.347 e. The third-order valence-electron chi connectivity index (χ3n) is 1.97. The average Bonchev–Trinajstić information content (AvgIpc) is 2.72. The summed E-state index contributed by atoms with van der Waals surface area (Å²) in [4.78, 5) is 12.3. The van der Waals surface area contributed by atoms with E-state index in [-0.39, 0.29) is 17.7 Å². The fraction of sp³-hybridized carbons (Fsp3) is 0.462. The van der Waals surface area contributed by atoms with E-state index in [1.807, 2.05) is 32.9 Å². The minimum absolute atomic E-state index is 0.00695. The highest BCUT2D eigenvalue weighted by atomic mass is 32.2. The zero-order chi connectivity index (χ0) is 15.3. The largest absolute Gasteiger partial charge is 0.462 e. The summed E-state index contributed by atoms with van der Waals surface area (Å²) in [7, 11) is 0. The second-order valence-electron chi connectivity index (χ2n) is 4.84. The van der Waals surface area contributed by atoms with Crippen LogP contribution in [0.15, 0.2) is 19.7 Å². The van der Waals surface area contributed by atoms with E-state index in [2.05, 4.69) is 5.32 Å². The first-order valence-corrected chi connectivity index (χ1v) is 7.55. The van der Waals surface area contributed by atoms with Crippen LogP contribution in [0.2, 0.25) is 0 Å². The van der Waals surface area contributed by atoms with Crippen molar-refractivity contribution in [2.45, 2.75) is 33.2 Å². The fourth-order valence-corrected chi connectivity index (χ4v) is 3.76. The van der Waals surface area contributed by atoms with Crippen molar-refractivity contribution in [1.29, 1.82) is 10.5 Å². The third-order valence-corrected chi connectivity index (χ3v) is 4.47. The molecule has 0 aromatic rings. The van der Waals surface area contributed by atoms with Gasteiger partial charge in [-0.2, -0.15) is 10.5 Å². The molecule has 0 amide bonds. The molecule has 0 bridgehead atoms. The first-order chi connectivity index (χ1) is 9.32. The van der Waals surface area contributed by atoms with Gasteiger partial charge in [0, 0.05) is 5.54 Å². The lowest BCUT2D eigenvalue weighted by Crippen LogP contribution is -2.34. The van der Waals surface area contributed by atoms with Gasteiger partial charge < -0.3 is 10.1 Å². The molecule has 1 aliphatic heterocycles. The number of carbonyl (C=O) groups excluding carboxylic acids is 1. The first kappa shape index (κ1) is 16.5. The molecule has 1 heterocycles. The van der Waals surface area contributed by atoms with E-state index >= 15 is 0 Å². The van der Waals surface area contributed by atoms with Crippen LogP contribution in [-0.2, 0) is 9.53 Å². The number of rotatable bonds is 3. The zero-order valence-electron chi connectivity index (χ0n) is 11.7. The van der Waals surface area contributed by atoms with E-state index < -0.39 is 5.97 Å². The molecule has 0 radical (unpaired) electrons. The lowest BCUT2D eigenvalue weighted by Gasteiger charge is -2.22. The Morgan fingerprint density at radius 1 is 1.30 bits per heavy atom. The number of nitrogens with one attached hydrogen (secondary N) is 1. The highest BCUT2D eigenvalue weighted by Gasteiger charge is 2.31. The van der Waals surface area contributed by atoms with Crippen LogP contribution in [0.25, 0.3) is 0 Å². The Kier molecular flexibility index (Phi) is 5.55. The molecule has 0 aromatic carbocycles. The first-order valence-electron chi connectivity index (χ1n) is 5.92. The maximum atomic E-state index is 11.9. The van der Waals surface area contributed by atoms with Gasteiger partial charge in [0.1, 0.15) is 22.6 Å². The lowest BCUT2D eigenvalue weighted by atomic mass is 10.1.